The van der Waals surface area contributed by atoms with Gasteiger partial charge in [0.05, 0.1) is 9.41 Å². The molecule has 0 spiro atoms. The summed E-state index contributed by atoms with van der Waals surface area (Å²) in [5.41, 5.74) is -0.0902. The number of likely N-dealkylation sites (N-methyl/N-ethyl adjacent to an activating group) is 1. The lowest BCUT2D eigenvalue weighted by atomic mass is 10.2. The van der Waals surface area contributed by atoms with E-state index in [1.165, 1.54) is 27.2 Å². The second kappa shape index (κ2) is 3.51. The fourth-order valence-electron chi connectivity index (χ4n) is 2.28. The maximum absolute atomic E-state index is 12.2. The van der Waals surface area contributed by atoms with E-state index in [2.05, 4.69) is 0 Å². The smallest absolute Gasteiger partial charge is 0.270 e. The van der Waals surface area contributed by atoms with Gasteiger partial charge in [0, 0.05) is 14.1 Å². The highest BCUT2D eigenvalue weighted by Crippen LogP contribution is 2.49. The number of fused-ring (bicyclic) bond motifs is 3. The lowest BCUT2D eigenvalue weighted by molar-refractivity contribution is 0.0728. The molecule has 2 atom stereocenters. The van der Waals surface area contributed by atoms with Crippen molar-refractivity contribution < 1.29 is 9.53 Å². The number of hydrogen-bond donors (Lipinski definition) is 0. The van der Waals surface area contributed by atoms with Crippen molar-refractivity contribution in [3.05, 3.63) is 33.8 Å². The number of hydrogen-bond acceptors (Lipinski definition) is 6. The van der Waals surface area contributed by atoms with E-state index in [9.17, 15) is 9.59 Å². The standard InChI is InChI=1S/C11H8N2O3S3/c1-12-8(14)5-4(3-10(12)16-3)18-6-7(19-5)11(17)13(2)9(6)15/h3,10H,1-2H3. The molecule has 4 aliphatic heterocycles. The van der Waals surface area contributed by atoms with E-state index in [0.29, 0.717) is 14.1 Å². The molecule has 1 amide bonds. The van der Waals surface area contributed by atoms with E-state index in [4.69, 9.17) is 17.0 Å². The molecule has 4 aliphatic rings. The molecule has 0 aromatic heterocycles. The summed E-state index contributed by atoms with van der Waals surface area (Å²) in [5, 5.41) is 0. The van der Waals surface area contributed by atoms with Crippen LogP contribution in [-0.2, 0) is 11.8 Å². The number of amides is 1. The molecular formula is C11H8N2O3S3. The second-order valence-electron chi connectivity index (χ2n) is 4.59. The van der Waals surface area contributed by atoms with Crippen molar-refractivity contribution in [3.8, 4) is 0 Å². The molecule has 0 N–H and O–H groups in total. The fraction of sp³-hybridized carbons (Fsp3) is 0.364. The molecule has 0 radical (unpaired) electrons. The summed E-state index contributed by atoms with van der Waals surface area (Å²) in [6, 6.07) is 0. The van der Waals surface area contributed by atoms with Gasteiger partial charge in [-0.2, -0.15) is 0 Å². The molecule has 0 aliphatic carbocycles. The summed E-state index contributed by atoms with van der Waals surface area (Å²) in [7, 11) is 3.39. The van der Waals surface area contributed by atoms with Crippen molar-refractivity contribution in [1.29, 1.82) is 0 Å². The Morgan fingerprint density at radius 1 is 1.21 bits per heavy atom. The van der Waals surface area contributed by atoms with Crippen LogP contribution in [0.15, 0.2) is 4.79 Å². The first-order valence-corrected chi connectivity index (χ1v) is 7.64. The zero-order valence-electron chi connectivity index (χ0n) is 10.00. The van der Waals surface area contributed by atoms with E-state index >= 15 is 0 Å². The zero-order chi connectivity index (χ0) is 13.5. The molecule has 0 saturated carbocycles. The second-order valence-corrected chi connectivity index (χ2v) is 7.05. The Labute approximate surface area is 120 Å². The van der Waals surface area contributed by atoms with E-state index < -0.39 is 0 Å². The van der Waals surface area contributed by atoms with Crippen LogP contribution in [0.1, 0.15) is 20.7 Å². The molecule has 1 fully saturated rings. The predicted molar refractivity (Wildman–Crippen MR) is 73.3 cm³/mol. The highest BCUT2D eigenvalue weighted by atomic mass is 32.1. The Morgan fingerprint density at radius 2 is 1.95 bits per heavy atom. The van der Waals surface area contributed by atoms with Crippen LogP contribution in [0.5, 0.6) is 0 Å². The Hall–Kier alpha value is -1.09. The van der Waals surface area contributed by atoms with Gasteiger partial charge in [0.25, 0.3) is 11.5 Å². The minimum absolute atomic E-state index is 0.0531. The first-order valence-electron chi connectivity index (χ1n) is 5.60. The molecule has 98 valence electrons. The highest BCUT2D eigenvalue weighted by molar-refractivity contribution is 7.71. The van der Waals surface area contributed by atoms with Crippen LogP contribution in [-0.4, -0.2) is 28.6 Å². The summed E-state index contributed by atoms with van der Waals surface area (Å²) >= 11 is 7.90. The first kappa shape index (κ1) is 11.7. The summed E-state index contributed by atoms with van der Waals surface area (Å²) < 4.78 is 8.81. The first-order chi connectivity index (χ1) is 9.00. The Kier molecular flexibility index (Phi) is 2.17. The SMILES string of the molecule is CN1C(=O)c2sc3c(=S)n(C)c(=O)c=3sc2C2OC21. The number of nitrogens with zero attached hydrogens (tertiary/aromatic N) is 2. The van der Waals surface area contributed by atoms with Crippen molar-refractivity contribution in [2.45, 2.75) is 12.3 Å². The minimum Gasteiger partial charge on any atom is -0.342 e. The molecule has 2 unspecified atom stereocenters. The summed E-state index contributed by atoms with van der Waals surface area (Å²) in [6.07, 6.45) is -0.237. The molecule has 1 saturated heterocycles. The summed E-state index contributed by atoms with van der Waals surface area (Å²) in [6.45, 7) is 0. The number of carbonyl (C=O) groups excluding carboxylic acids is 1. The van der Waals surface area contributed by atoms with Crippen LogP contribution < -0.4 is 5.56 Å². The topological polar surface area (TPSA) is 54.8 Å². The van der Waals surface area contributed by atoms with Gasteiger partial charge in [0.15, 0.2) is 6.23 Å². The van der Waals surface area contributed by atoms with Gasteiger partial charge in [0.2, 0.25) is 0 Å². The van der Waals surface area contributed by atoms with Crippen LogP contribution in [0.25, 0.3) is 0 Å². The largest absolute Gasteiger partial charge is 0.342 e. The van der Waals surface area contributed by atoms with Crippen LogP contribution in [0.3, 0.4) is 0 Å². The molecule has 5 nitrogen and oxygen atoms in total. The number of carbonyl (C=O) groups is 1. The molecule has 19 heavy (non-hydrogen) atoms. The van der Waals surface area contributed by atoms with E-state index in [1.807, 2.05) is 0 Å². The maximum Gasteiger partial charge on any atom is 0.270 e. The van der Waals surface area contributed by atoms with E-state index in [1.54, 1.807) is 19.0 Å². The molecule has 8 heteroatoms. The number of epoxide rings is 1. The van der Waals surface area contributed by atoms with Crippen molar-refractivity contribution in [1.82, 2.24) is 9.47 Å². The fourth-order valence-corrected chi connectivity index (χ4v) is 5.32. The van der Waals surface area contributed by atoms with Gasteiger partial charge in [0.1, 0.15) is 20.2 Å². The Morgan fingerprint density at radius 3 is 2.68 bits per heavy atom. The third-order valence-electron chi connectivity index (χ3n) is 3.47. The van der Waals surface area contributed by atoms with Crippen LogP contribution in [0.4, 0.5) is 0 Å². The van der Waals surface area contributed by atoms with Crippen LogP contribution >= 0.6 is 34.9 Å². The van der Waals surface area contributed by atoms with Gasteiger partial charge in [-0.3, -0.25) is 9.59 Å². The van der Waals surface area contributed by atoms with Crippen molar-refractivity contribution in [3.63, 3.8) is 0 Å². The third-order valence-corrected chi connectivity index (χ3v) is 6.77. The number of aromatic nitrogens is 1. The van der Waals surface area contributed by atoms with Gasteiger partial charge >= 0.3 is 0 Å². The average molecular weight is 312 g/mol. The molecule has 0 bridgehead atoms. The molecule has 4 rings (SSSR count). The van der Waals surface area contributed by atoms with Crippen LogP contribution in [0, 0.1) is 13.7 Å². The summed E-state index contributed by atoms with van der Waals surface area (Å²) in [5.74, 6) is -0.0531. The average Bonchev–Trinajstić information content (AvgIpc) is 3.18. The molecule has 4 heterocycles. The minimum atomic E-state index is -0.164. The summed E-state index contributed by atoms with van der Waals surface area (Å²) in [4.78, 5) is 27.4. The maximum atomic E-state index is 12.2. The van der Waals surface area contributed by atoms with Crippen molar-refractivity contribution in [2.75, 3.05) is 7.05 Å². The monoisotopic (exact) mass is 312 g/mol. The van der Waals surface area contributed by atoms with Gasteiger partial charge < -0.3 is 14.2 Å². The van der Waals surface area contributed by atoms with Crippen LogP contribution in [0.2, 0.25) is 0 Å². The number of ether oxygens (including phenoxy) is 1. The van der Waals surface area contributed by atoms with E-state index in [0.717, 1.165) is 9.41 Å². The van der Waals surface area contributed by atoms with Crippen molar-refractivity contribution >= 4 is 40.8 Å². The predicted octanol–water partition coefficient (Wildman–Crippen LogP) is 1.45. The van der Waals surface area contributed by atoms with Crippen molar-refractivity contribution in [2.24, 2.45) is 7.05 Å². The molecule has 0 aromatic rings. The zero-order valence-corrected chi connectivity index (χ0v) is 12.4. The quantitative estimate of drug-likeness (QED) is 0.546. The molecular weight excluding hydrogens is 304 g/mol. The third kappa shape index (κ3) is 1.34. The molecule has 0 aromatic carbocycles. The highest BCUT2D eigenvalue weighted by Gasteiger charge is 2.52. The van der Waals surface area contributed by atoms with E-state index in [-0.39, 0.29) is 23.8 Å². The van der Waals surface area contributed by atoms with Gasteiger partial charge in [-0.05, 0) is 0 Å². The Balaban J connectivity index is 2.17. The lowest BCUT2D eigenvalue weighted by Crippen LogP contribution is -2.33. The Bertz CT molecular complexity index is 909. The van der Waals surface area contributed by atoms with Gasteiger partial charge in [-0.1, -0.05) is 12.2 Å². The van der Waals surface area contributed by atoms with Gasteiger partial charge in [-0.15, -0.1) is 22.7 Å². The van der Waals surface area contributed by atoms with Gasteiger partial charge in [-0.25, -0.2) is 0 Å². The lowest BCUT2D eigenvalue weighted by Gasteiger charge is -2.19. The normalized spacial score (nSPS) is 24.5. The number of rotatable bonds is 0.